The van der Waals surface area contributed by atoms with Crippen molar-refractivity contribution in [3.05, 3.63) is 21.6 Å². The molecule has 1 N–H and O–H groups in total. The summed E-state index contributed by atoms with van der Waals surface area (Å²) in [4.78, 5) is 11.8. The Morgan fingerprint density at radius 3 is 2.89 bits per heavy atom. The summed E-state index contributed by atoms with van der Waals surface area (Å²) < 4.78 is 6.76. The van der Waals surface area contributed by atoms with Crippen LogP contribution >= 0.6 is 11.6 Å². The standard InChI is InChI=1S/C12H20ClN3O2/c1-4-6-16-12(17)11(13)10(8-15-16)14-7-9(3)18-5-2/h8-9,14H,4-7H2,1-3H3. The van der Waals surface area contributed by atoms with Crippen molar-refractivity contribution in [3.63, 3.8) is 0 Å². The lowest BCUT2D eigenvalue weighted by Crippen LogP contribution is -2.26. The van der Waals surface area contributed by atoms with Gasteiger partial charge in [0.05, 0.1) is 18.0 Å². The van der Waals surface area contributed by atoms with Gasteiger partial charge in [-0.15, -0.1) is 0 Å². The largest absolute Gasteiger partial charge is 0.380 e. The third-order valence-electron chi connectivity index (χ3n) is 2.45. The molecule has 0 amide bonds. The lowest BCUT2D eigenvalue weighted by molar-refractivity contribution is 0.0855. The van der Waals surface area contributed by atoms with Crippen molar-refractivity contribution in [1.82, 2.24) is 9.78 Å². The van der Waals surface area contributed by atoms with Gasteiger partial charge >= 0.3 is 0 Å². The summed E-state index contributed by atoms with van der Waals surface area (Å²) in [6, 6.07) is 0. The highest BCUT2D eigenvalue weighted by molar-refractivity contribution is 6.32. The molecule has 0 fully saturated rings. The van der Waals surface area contributed by atoms with E-state index in [4.69, 9.17) is 16.3 Å². The van der Waals surface area contributed by atoms with E-state index in [-0.39, 0.29) is 16.7 Å². The number of aromatic nitrogens is 2. The zero-order valence-corrected chi connectivity index (χ0v) is 11.8. The predicted octanol–water partition coefficient (Wildman–Crippen LogP) is 2.14. The van der Waals surface area contributed by atoms with E-state index in [1.165, 1.54) is 4.68 Å². The second kappa shape index (κ2) is 7.38. The van der Waals surface area contributed by atoms with Crippen molar-refractivity contribution in [3.8, 4) is 0 Å². The van der Waals surface area contributed by atoms with Crippen LogP contribution in [0.2, 0.25) is 5.02 Å². The minimum atomic E-state index is -0.257. The highest BCUT2D eigenvalue weighted by atomic mass is 35.5. The molecular weight excluding hydrogens is 254 g/mol. The van der Waals surface area contributed by atoms with Crippen LogP contribution in [0.1, 0.15) is 27.2 Å². The number of nitrogens with zero attached hydrogens (tertiary/aromatic N) is 2. The molecule has 1 unspecified atom stereocenters. The van der Waals surface area contributed by atoms with Gasteiger partial charge in [-0.3, -0.25) is 4.79 Å². The van der Waals surface area contributed by atoms with E-state index in [9.17, 15) is 4.79 Å². The Labute approximate surface area is 112 Å². The van der Waals surface area contributed by atoms with E-state index in [1.807, 2.05) is 20.8 Å². The SMILES string of the molecule is CCCn1ncc(NCC(C)OCC)c(Cl)c1=O. The molecule has 1 aromatic heterocycles. The van der Waals surface area contributed by atoms with Gasteiger partial charge in [-0.2, -0.15) is 5.10 Å². The molecule has 0 aliphatic rings. The van der Waals surface area contributed by atoms with Crippen LogP contribution in [0.15, 0.2) is 11.0 Å². The molecule has 18 heavy (non-hydrogen) atoms. The van der Waals surface area contributed by atoms with Crippen molar-refractivity contribution in [2.24, 2.45) is 0 Å². The van der Waals surface area contributed by atoms with Crippen molar-refractivity contribution < 1.29 is 4.74 Å². The molecule has 0 bridgehead atoms. The van der Waals surface area contributed by atoms with Crippen LogP contribution in [0.5, 0.6) is 0 Å². The maximum absolute atomic E-state index is 11.8. The fourth-order valence-corrected chi connectivity index (χ4v) is 1.77. The molecule has 0 aliphatic heterocycles. The minimum absolute atomic E-state index is 0.0594. The Morgan fingerprint density at radius 2 is 2.28 bits per heavy atom. The van der Waals surface area contributed by atoms with Gasteiger partial charge in [0, 0.05) is 19.7 Å². The third-order valence-corrected chi connectivity index (χ3v) is 2.82. The molecular formula is C12H20ClN3O2. The molecule has 6 heteroatoms. The van der Waals surface area contributed by atoms with Gasteiger partial charge in [-0.25, -0.2) is 4.68 Å². The topological polar surface area (TPSA) is 56.1 Å². The molecule has 0 aromatic carbocycles. The maximum Gasteiger partial charge on any atom is 0.287 e. The number of aryl methyl sites for hydroxylation is 1. The first-order chi connectivity index (χ1) is 8.60. The van der Waals surface area contributed by atoms with E-state index < -0.39 is 0 Å². The number of ether oxygens (including phenoxy) is 1. The summed E-state index contributed by atoms with van der Waals surface area (Å²) in [6.07, 6.45) is 2.49. The Hall–Kier alpha value is -1.07. The summed E-state index contributed by atoms with van der Waals surface area (Å²) in [5.41, 5.74) is 0.299. The molecule has 1 atom stereocenters. The highest BCUT2D eigenvalue weighted by Gasteiger charge is 2.09. The Kier molecular flexibility index (Phi) is 6.15. The molecule has 0 saturated heterocycles. The van der Waals surface area contributed by atoms with Gasteiger partial charge in [0.1, 0.15) is 5.02 Å². The first-order valence-corrected chi connectivity index (χ1v) is 6.59. The van der Waals surface area contributed by atoms with Crippen LogP contribution in [-0.2, 0) is 11.3 Å². The molecule has 0 spiro atoms. The van der Waals surface area contributed by atoms with E-state index in [0.717, 1.165) is 6.42 Å². The summed E-state index contributed by atoms with van der Waals surface area (Å²) in [5, 5.41) is 7.33. The van der Waals surface area contributed by atoms with Crippen LogP contribution in [0.4, 0.5) is 5.69 Å². The monoisotopic (exact) mass is 273 g/mol. The number of nitrogens with one attached hydrogen (secondary N) is 1. The number of hydrogen-bond acceptors (Lipinski definition) is 4. The molecule has 5 nitrogen and oxygen atoms in total. The van der Waals surface area contributed by atoms with Crippen LogP contribution in [0.3, 0.4) is 0 Å². The average molecular weight is 274 g/mol. The number of halogens is 1. The molecule has 0 saturated carbocycles. The van der Waals surface area contributed by atoms with Crippen LogP contribution in [-0.4, -0.2) is 29.0 Å². The molecule has 0 aliphatic carbocycles. The fraction of sp³-hybridized carbons (Fsp3) is 0.667. The Bertz CT molecular complexity index is 434. The zero-order valence-electron chi connectivity index (χ0n) is 11.1. The van der Waals surface area contributed by atoms with Gasteiger partial charge in [0.2, 0.25) is 0 Å². The normalized spacial score (nSPS) is 12.4. The molecule has 0 radical (unpaired) electrons. The van der Waals surface area contributed by atoms with Crippen LogP contribution < -0.4 is 10.9 Å². The quantitative estimate of drug-likeness (QED) is 0.827. The minimum Gasteiger partial charge on any atom is -0.380 e. The first-order valence-electron chi connectivity index (χ1n) is 6.21. The second-order valence-electron chi connectivity index (χ2n) is 4.05. The maximum atomic E-state index is 11.8. The third kappa shape index (κ3) is 3.99. The number of rotatable bonds is 7. The predicted molar refractivity (Wildman–Crippen MR) is 73.4 cm³/mol. The highest BCUT2D eigenvalue weighted by Crippen LogP contribution is 2.15. The Morgan fingerprint density at radius 1 is 1.56 bits per heavy atom. The van der Waals surface area contributed by atoms with Crippen molar-refractivity contribution in [1.29, 1.82) is 0 Å². The molecule has 1 heterocycles. The number of hydrogen-bond donors (Lipinski definition) is 1. The average Bonchev–Trinajstić information content (AvgIpc) is 2.35. The Balaban J connectivity index is 2.73. The summed E-state index contributed by atoms with van der Waals surface area (Å²) in [6.45, 7) is 7.71. The smallest absolute Gasteiger partial charge is 0.287 e. The van der Waals surface area contributed by atoms with Gasteiger partial charge in [-0.05, 0) is 20.3 Å². The van der Waals surface area contributed by atoms with Crippen molar-refractivity contribution in [2.45, 2.75) is 39.8 Å². The first kappa shape index (κ1) is 15.0. The van der Waals surface area contributed by atoms with E-state index in [1.54, 1.807) is 6.20 Å². The van der Waals surface area contributed by atoms with Crippen molar-refractivity contribution >= 4 is 17.3 Å². The lowest BCUT2D eigenvalue weighted by Gasteiger charge is -2.14. The summed E-state index contributed by atoms with van der Waals surface area (Å²) in [7, 11) is 0. The summed E-state index contributed by atoms with van der Waals surface area (Å²) >= 11 is 6.02. The van der Waals surface area contributed by atoms with E-state index in [2.05, 4.69) is 10.4 Å². The van der Waals surface area contributed by atoms with E-state index >= 15 is 0 Å². The summed E-state index contributed by atoms with van der Waals surface area (Å²) in [5.74, 6) is 0. The molecule has 1 rings (SSSR count). The van der Waals surface area contributed by atoms with Crippen molar-refractivity contribution in [2.75, 3.05) is 18.5 Å². The number of anilines is 1. The van der Waals surface area contributed by atoms with E-state index in [0.29, 0.717) is 25.4 Å². The van der Waals surface area contributed by atoms with Gasteiger partial charge < -0.3 is 10.1 Å². The second-order valence-corrected chi connectivity index (χ2v) is 4.43. The van der Waals surface area contributed by atoms with Gasteiger partial charge in [0.25, 0.3) is 5.56 Å². The molecule has 1 aromatic rings. The fourth-order valence-electron chi connectivity index (χ4n) is 1.56. The van der Waals surface area contributed by atoms with Crippen LogP contribution in [0.25, 0.3) is 0 Å². The van der Waals surface area contributed by atoms with Gasteiger partial charge in [-0.1, -0.05) is 18.5 Å². The lowest BCUT2D eigenvalue weighted by atomic mass is 10.3. The molecule has 102 valence electrons. The zero-order chi connectivity index (χ0) is 13.5. The van der Waals surface area contributed by atoms with Crippen LogP contribution in [0, 0.1) is 0 Å². The van der Waals surface area contributed by atoms with Gasteiger partial charge in [0.15, 0.2) is 0 Å².